The lowest BCUT2D eigenvalue weighted by molar-refractivity contribution is -0.751. The van der Waals surface area contributed by atoms with E-state index in [1.165, 1.54) is 18.4 Å². The van der Waals surface area contributed by atoms with E-state index < -0.39 is 0 Å². The van der Waals surface area contributed by atoms with Gasteiger partial charge in [0.05, 0.1) is 13.2 Å². The molecule has 0 aliphatic carbocycles. The molecule has 0 saturated heterocycles. The Morgan fingerprint density at radius 3 is 2.55 bits per heavy atom. The summed E-state index contributed by atoms with van der Waals surface area (Å²) in [5, 5.41) is 0. The standard InChI is InChI=1S/C8H15N2.BrH/c1-4-5-8-6-9(2)10(3)7-8;/h6-7H,4-5H2,1-3H3;1H/q+1;/p-1. The average Bonchev–Trinajstić information content (AvgIpc) is 2.14. The summed E-state index contributed by atoms with van der Waals surface area (Å²) in [6.45, 7) is 2.20. The Balaban J connectivity index is 0.000001000. The van der Waals surface area contributed by atoms with Crippen LogP contribution in [0.3, 0.4) is 0 Å². The average molecular weight is 219 g/mol. The van der Waals surface area contributed by atoms with Gasteiger partial charge in [-0.1, -0.05) is 13.3 Å². The summed E-state index contributed by atoms with van der Waals surface area (Å²) >= 11 is 0. The second kappa shape index (κ2) is 4.54. The van der Waals surface area contributed by atoms with Crippen molar-refractivity contribution in [2.24, 2.45) is 14.1 Å². The third-order valence-corrected chi connectivity index (χ3v) is 1.74. The van der Waals surface area contributed by atoms with Crippen LogP contribution in [0.5, 0.6) is 0 Å². The van der Waals surface area contributed by atoms with E-state index in [1.54, 1.807) is 0 Å². The van der Waals surface area contributed by atoms with Gasteiger partial charge in [-0.05, 0) is 6.42 Å². The first-order valence-electron chi connectivity index (χ1n) is 3.75. The SMILES string of the molecule is CCCc1cn(C)[n+](C)c1.[Br-]. The van der Waals surface area contributed by atoms with E-state index in [-0.39, 0.29) is 17.0 Å². The normalized spacial score (nSPS) is 9.36. The molecule has 0 saturated carbocycles. The van der Waals surface area contributed by atoms with Gasteiger partial charge in [0.15, 0.2) is 13.2 Å². The molecule has 0 aliphatic rings. The molecule has 3 heteroatoms. The molecule has 64 valence electrons. The number of aromatic nitrogens is 2. The van der Waals surface area contributed by atoms with Crippen molar-refractivity contribution in [1.82, 2.24) is 4.68 Å². The van der Waals surface area contributed by atoms with Gasteiger partial charge in [-0.15, -0.1) is 4.68 Å². The maximum Gasteiger partial charge on any atom is 0.198 e. The zero-order valence-electron chi connectivity index (χ0n) is 7.34. The van der Waals surface area contributed by atoms with E-state index in [9.17, 15) is 0 Å². The second-order valence-corrected chi connectivity index (χ2v) is 2.73. The molecule has 0 fully saturated rings. The second-order valence-electron chi connectivity index (χ2n) is 2.73. The molecule has 11 heavy (non-hydrogen) atoms. The van der Waals surface area contributed by atoms with Gasteiger partial charge in [0.2, 0.25) is 0 Å². The predicted molar refractivity (Wildman–Crippen MR) is 40.6 cm³/mol. The van der Waals surface area contributed by atoms with Crippen molar-refractivity contribution in [1.29, 1.82) is 0 Å². The number of nitrogens with zero attached hydrogens (tertiary/aromatic N) is 2. The van der Waals surface area contributed by atoms with Crippen LogP contribution in [-0.4, -0.2) is 4.68 Å². The van der Waals surface area contributed by atoms with Gasteiger partial charge in [0, 0.05) is 5.56 Å². The quantitative estimate of drug-likeness (QED) is 0.499. The van der Waals surface area contributed by atoms with Gasteiger partial charge in [-0.25, -0.2) is 0 Å². The zero-order valence-corrected chi connectivity index (χ0v) is 8.93. The van der Waals surface area contributed by atoms with E-state index in [0.29, 0.717) is 0 Å². The van der Waals surface area contributed by atoms with E-state index in [1.807, 2.05) is 0 Å². The van der Waals surface area contributed by atoms with Gasteiger partial charge >= 0.3 is 0 Å². The molecule has 1 aromatic heterocycles. The Morgan fingerprint density at radius 1 is 1.55 bits per heavy atom. The summed E-state index contributed by atoms with van der Waals surface area (Å²) < 4.78 is 4.18. The molecule has 0 amide bonds. The first kappa shape index (κ1) is 10.7. The molecular weight excluding hydrogens is 204 g/mol. The molecule has 0 radical (unpaired) electrons. The molecule has 0 aromatic carbocycles. The monoisotopic (exact) mass is 218 g/mol. The van der Waals surface area contributed by atoms with Crippen molar-refractivity contribution >= 4 is 0 Å². The maximum absolute atomic E-state index is 2.20. The first-order chi connectivity index (χ1) is 4.74. The Labute approximate surface area is 78.6 Å². The maximum atomic E-state index is 2.20. The topological polar surface area (TPSA) is 8.81 Å². The largest absolute Gasteiger partial charge is 1.00 e. The van der Waals surface area contributed by atoms with Gasteiger partial charge in [-0.3, -0.25) is 0 Å². The van der Waals surface area contributed by atoms with Gasteiger partial charge < -0.3 is 17.0 Å². The number of hydrogen-bond acceptors (Lipinski definition) is 0. The first-order valence-corrected chi connectivity index (χ1v) is 3.75. The third kappa shape index (κ3) is 2.66. The number of hydrogen-bond donors (Lipinski definition) is 0. The van der Waals surface area contributed by atoms with Crippen molar-refractivity contribution in [2.75, 3.05) is 0 Å². The molecule has 0 unspecified atom stereocenters. The molecule has 0 spiro atoms. The zero-order chi connectivity index (χ0) is 7.56. The van der Waals surface area contributed by atoms with Crippen molar-refractivity contribution in [3.8, 4) is 0 Å². The van der Waals surface area contributed by atoms with Crippen LogP contribution in [0.4, 0.5) is 0 Å². The lowest BCUT2D eigenvalue weighted by Gasteiger charge is -1.83. The van der Waals surface area contributed by atoms with Crippen molar-refractivity contribution < 1.29 is 21.7 Å². The lowest BCUT2D eigenvalue weighted by atomic mass is 10.2. The Morgan fingerprint density at radius 2 is 2.18 bits per heavy atom. The molecule has 1 aromatic rings. The molecule has 0 aliphatic heterocycles. The summed E-state index contributed by atoms with van der Waals surface area (Å²) in [7, 11) is 4.11. The molecule has 1 heterocycles. The summed E-state index contributed by atoms with van der Waals surface area (Å²) in [6, 6.07) is 0. The highest BCUT2D eigenvalue weighted by Crippen LogP contribution is 1.97. The van der Waals surface area contributed by atoms with Gasteiger partial charge in [-0.2, -0.15) is 4.68 Å². The van der Waals surface area contributed by atoms with Crippen LogP contribution in [0.1, 0.15) is 18.9 Å². The fourth-order valence-electron chi connectivity index (χ4n) is 1.11. The van der Waals surface area contributed by atoms with E-state index >= 15 is 0 Å². The molecule has 0 N–H and O–H groups in total. The Kier molecular flexibility index (Phi) is 4.42. The smallest absolute Gasteiger partial charge is 0.198 e. The lowest BCUT2D eigenvalue weighted by Crippen LogP contribution is -3.00. The van der Waals surface area contributed by atoms with E-state index in [0.717, 1.165) is 0 Å². The summed E-state index contributed by atoms with van der Waals surface area (Å²) in [4.78, 5) is 0. The third-order valence-electron chi connectivity index (χ3n) is 1.74. The number of rotatable bonds is 2. The van der Waals surface area contributed by atoms with Gasteiger partial charge in [0.1, 0.15) is 0 Å². The highest BCUT2D eigenvalue weighted by molar-refractivity contribution is 4.99. The van der Waals surface area contributed by atoms with Crippen LogP contribution in [0.25, 0.3) is 0 Å². The summed E-state index contributed by atoms with van der Waals surface area (Å²) in [6.07, 6.45) is 6.76. The molecule has 0 atom stereocenters. The Hall–Kier alpha value is -0.310. The summed E-state index contributed by atoms with van der Waals surface area (Å²) in [5.41, 5.74) is 1.42. The molecule has 2 nitrogen and oxygen atoms in total. The van der Waals surface area contributed by atoms with Crippen LogP contribution in [-0.2, 0) is 20.5 Å². The van der Waals surface area contributed by atoms with Crippen LogP contribution in [0.2, 0.25) is 0 Å². The summed E-state index contributed by atoms with van der Waals surface area (Å²) in [5.74, 6) is 0. The Bertz CT molecular complexity index is 198. The van der Waals surface area contributed by atoms with Gasteiger partial charge in [0.25, 0.3) is 0 Å². The minimum absolute atomic E-state index is 0. The minimum Gasteiger partial charge on any atom is -1.00 e. The fourth-order valence-corrected chi connectivity index (χ4v) is 1.11. The minimum atomic E-state index is 0. The van der Waals surface area contributed by atoms with E-state index in [4.69, 9.17) is 0 Å². The van der Waals surface area contributed by atoms with Crippen LogP contribution >= 0.6 is 0 Å². The predicted octanol–water partition coefficient (Wildman–Crippen LogP) is -2.19. The molecule has 0 bridgehead atoms. The number of aryl methyl sites for hydroxylation is 3. The highest BCUT2D eigenvalue weighted by Gasteiger charge is 2.02. The van der Waals surface area contributed by atoms with Crippen molar-refractivity contribution in [2.45, 2.75) is 19.8 Å². The van der Waals surface area contributed by atoms with Crippen molar-refractivity contribution in [3.05, 3.63) is 18.0 Å². The highest BCUT2D eigenvalue weighted by atomic mass is 79.9. The van der Waals surface area contributed by atoms with Crippen LogP contribution in [0, 0.1) is 0 Å². The van der Waals surface area contributed by atoms with E-state index in [2.05, 4.69) is 42.8 Å². The van der Waals surface area contributed by atoms with Crippen LogP contribution < -0.4 is 21.7 Å². The van der Waals surface area contributed by atoms with Crippen molar-refractivity contribution in [3.63, 3.8) is 0 Å². The molecule has 1 rings (SSSR count). The molecular formula is C8H15BrN2. The van der Waals surface area contributed by atoms with Crippen LogP contribution in [0.15, 0.2) is 12.4 Å². The fraction of sp³-hybridized carbons (Fsp3) is 0.625. The number of halogens is 1.